The van der Waals surface area contributed by atoms with E-state index < -0.39 is 0 Å². The molecule has 8 rings (SSSR count). The zero-order chi connectivity index (χ0) is 26.8. The molecule has 0 atom stereocenters. The predicted octanol–water partition coefficient (Wildman–Crippen LogP) is 9.90. The van der Waals surface area contributed by atoms with Crippen molar-refractivity contribution in [1.29, 1.82) is 0 Å². The van der Waals surface area contributed by atoms with Crippen LogP contribution in [0.15, 0.2) is 128 Å². The van der Waals surface area contributed by atoms with Gasteiger partial charge in [-0.05, 0) is 66.6 Å². The standard InChI is InChI=1S/C36H24ClN3/c1-23-20-24(39-33-11-5-2-8-28(33)29-9-3-6-12-34(29)39)14-16-26(23)27-17-15-25(21-32(27)37)40-35-13-7-4-10-30(35)31-22-38-19-18-36(31)40/h2-22H,1H3. The number of rotatable bonds is 3. The van der Waals surface area contributed by atoms with Gasteiger partial charge in [-0.25, -0.2) is 0 Å². The smallest absolute Gasteiger partial charge is 0.0571 e. The van der Waals surface area contributed by atoms with Crippen molar-refractivity contribution >= 4 is 55.2 Å². The molecule has 0 aliphatic heterocycles. The van der Waals surface area contributed by atoms with Gasteiger partial charge in [-0.1, -0.05) is 78.3 Å². The first-order chi connectivity index (χ1) is 19.7. The number of pyridine rings is 1. The van der Waals surface area contributed by atoms with Crippen LogP contribution in [-0.2, 0) is 0 Å². The molecular formula is C36H24ClN3. The van der Waals surface area contributed by atoms with Crippen molar-refractivity contribution in [2.45, 2.75) is 6.92 Å². The Morgan fingerprint density at radius 2 is 1.02 bits per heavy atom. The third-order valence-corrected chi connectivity index (χ3v) is 8.34. The highest BCUT2D eigenvalue weighted by molar-refractivity contribution is 6.33. The Kier molecular flexibility index (Phi) is 5.10. The Balaban J connectivity index is 1.25. The lowest BCUT2D eigenvalue weighted by Gasteiger charge is -2.15. The molecule has 0 amide bonds. The molecule has 4 heteroatoms. The van der Waals surface area contributed by atoms with Crippen molar-refractivity contribution < 1.29 is 0 Å². The van der Waals surface area contributed by atoms with E-state index in [0.717, 1.165) is 43.9 Å². The lowest BCUT2D eigenvalue weighted by Crippen LogP contribution is -1.97. The molecule has 8 aromatic rings. The van der Waals surface area contributed by atoms with E-state index in [9.17, 15) is 0 Å². The van der Waals surface area contributed by atoms with Gasteiger partial charge in [-0.2, -0.15) is 0 Å². The zero-order valence-corrected chi connectivity index (χ0v) is 22.6. The van der Waals surface area contributed by atoms with Crippen LogP contribution >= 0.6 is 11.6 Å². The van der Waals surface area contributed by atoms with Gasteiger partial charge >= 0.3 is 0 Å². The summed E-state index contributed by atoms with van der Waals surface area (Å²) in [5, 5.41) is 5.57. The minimum absolute atomic E-state index is 0.727. The summed E-state index contributed by atoms with van der Waals surface area (Å²) in [5.74, 6) is 0. The molecule has 190 valence electrons. The molecule has 0 N–H and O–H groups in total. The Labute approximate surface area is 236 Å². The number of benzene rings is 5. The van der Waals surface area contributed by atoms with Gasteiger partial charge in [0, 0.05) is 50.9 Å². The number of para-hydroxylation sites is 3. The molecular weight excluding hydrogens is 510 g/mol. The van der Waals surface area contributed by atoms with Crippen LogP contribution in [0.4, 0.5) is 0 Å². The number of fused-ring (bicyclic) bond motifs is 6. The monoisotopic (exact) mass is 533 g/mol. The van der Waals surface area contributed by atoms with Crippen LogP contribution in [0.25, 0.3) is 66.1 Å². The van der Waals surface area contributed by atoms with Gasteiger partial charge in [-0.15, -0.1) is 0 Å². The van der Waals surface area contributed by atoms with E-state index in [0.29, 0.717) is 0 Å². The van der Waals surface area contributed by atoms with Crippen LogP contribution in [0.5, 0.6) is 0 Å². The average Bonchev–Trinajstić information content (AvgIpc) is 3.51. The van der Waals surface area contributed by atoms with Crippen molar-refractivity contribution in [3.63, 3.8) is 0 Å². The number of aryl methyl sites for hydroxylation is 1. The van der Waals surface area contributed by atoms with Gasteiger partial charge in [0.25, 0.3) is 0 Å². The summed E-state index contributed by atoms with van der Waals surface area (Å²) in [4.78, 5) is 4.37. The average molecular weight is 534 g/mol. The molecule has 0 bridgehead atoms. The van der Waals surface area contributed by atoms with E-state index >= 15 is 0 Å². The normalized spacial score (nSPS) is 11.8. The second kappa shape index (κ2) is 8.84. The lowest BCUT2D eigenvalue weighted by molar-refractivity contribution is 1.17. The summed E-state index contributed by atoms with van der Waals surface area (Å²) in [6.45, 7) is 2.16. The Hall–Kier alpha value is -4.86. The van der Waals surface area contributed by atoms with E-state index in [-0.39, 0.29) is 0 Å². The summed E-state index contributed by atoms with van der Waals surface area (Å²) in [5.41, 5.74) is 10.2. The zero-order valence-electron chi connectivity index (χ0n) is 21.8. The molecule has 3 heterocycles. The van der Waals surface area contributed by atoms with Gasteiger partial charge in [0.05, 0.1) is 27.1 Å². The fourth-order valence-corrected chi connectivity index (χ4v) is 6.52. The molecule has 5 aromatic carbocycles. The quantitative estimate of drug-likeness (QED) is 0.221. The van der Waals surface area contributed by atoms with E-state index in [2.05, 4.69) is 136 Å². The molecule has 0 unspecified atom stereocenters. The second-order valence-corrected chi connectivity index (χ2v) is 10.7. The fraction of sp³-hybridized carbons (Fsp3) is 0.0278. The van der Waals surface area contributed by atoms with Gasteiger partial charge < -0.3 is 9.13 Å². The molecule has 0 spiro atoms. The predicted molar refractivity (Wildman–Crippen MR) is 168 cm³/mol. The molecule has 0 saturated carbocycles. The number of nitrogens with zero attached hydrogens (tertiary/aromatic N) is 3. The van der Waals surface area contributed by atoms with Crippen molar-refractivity contribution in [3.8, 4) is 22.5 Å². The molecule has 0 aliphatic carbocycles. The summed E-state index contributed by atoms with van der Waals surface area (Å²) < 4.78 is 4.61. The van der Waals surface area contributed by atoms with Crippen LogP contribution in [0.2, 0.25) is 5.02 Å². The van der Waals surface area contributed by atoms with Crippen LogP contribution < -0.4 is 0 Å². The molecule has 0 saturated heterocycles. The molecule has 0 fully saturated rings. The number of aromatic nitrogens is 3. The van der Waals surface area contributed by atoms with E-state index in [1.54, 1.807) is 0 Å². The minimum atomic E-state index is 0.727. The summed E-state index contributed by atoms with van der Waals surface area (Å²) >= 11 is 7.02. The summed E-state index contributed by atoms with van der Waals surface area (Å²) in [6.07, 6.45) is 3.78. The molecule has 0 radical (unpaired) electrons. The third-order valence-electron chi connectivity index (χ3n) is 8.02. The van der Waals surface area contributed by atoms with Crippen LogP contribution in [0, 0.1) is 6.92 Å². The maximum absolute atomic E-state index is 7.02. The first-order valence-electron chi connectivity index (χ1n) is 13.4. The fourth-order valence-electron chi connectivity index (χ4n) is 6.25. The SMILES string of the molecule is Cc1cc(-n2c3ccccc3c3ccccc32)ccc1-c1ccc(-n2c3ccccc3c3cnccc32)cc1Cl. The lowest BCUT2D eigenvalue weighted by atomic mass is 9.99. The van der Waals surface area contributed by atoms with Gasteiger partial charge in [-0.3, -0.25) is 4.98 Å². The Morgan fingerprint density at radius 1 is 0.525 bits per heavy atom. The maximum Gasteiger partial charge on any atom is 0.0571 e. The number of hydrogen-bond donors (Lipinski definition) is 0. The van der Waals surface area contributed by atoms with Crippen LogP contribution in [0.1, 0.15) is 5.56 Å². The summed E-state index contributed by atoms with van der Waals surface area (Å²) in [6, 6.07) is 40.7. The van der Waals surface area contributed by atoms with Gasteiger partial charge in [0.1, 0.15) is 0 Å². The second-order valence-electron chi connectivity index (χ2n) is 10.3. The van der Waals surface area contributed by atoms with E-state index in [1.807, 2.05) is 12.4 Å². The van der Waals surface area contributed by atoms with Crippen molar-refractivity contribution in [2.24, 2.45) is 0 Å². The van der Waals surface area contributed by atoms with E-state index in [4.69, 9.17) is 11.6 Å². The Morgan fingerprint density at radius 3 is 1.60 bits per heavy atom. The largest absolute Gasteiger partial charge is 0.309 e. The summed E-state index contributed by atoms with van der Waals surface area (Å²) in [7, 11) is 0. The molecule has 40 heavy (non-hydrogen) atoms. The topological polar surface area (TPSA) is 22.8 Å². The molecule has 3 aromatic heterocycles. The van der Waals surface area contributed by atoms with Crippen LogP contribution in [-0.4, -0.2) is 14.1 Å². The van der Waals surface area contributed by atoms with Gasteiger partial charge in [0.15, 0.2) is 0 Å². The highest BCUT2D eigenvalue weighted by Gasteiger charge is 2.16. The highest BCUT2D eigenvalue weighted by atomic mass is 35.5. The van der Waals surface area contributed by atoms with Crippen molar-refractivity contribution in [2.75, 3.05) is 0 Å². The first-order valence-corrected chi connectivity index (χ1v) is 13.8. The number of halogens is 1. The first kappa shape index (κ1) is 23.1. The van der Waals surface area contributed by atoms with Crippen LogP contribution in [0.3, 0.4) is 0 Å². The van der Waals surface area contributed by atoms with E-state index in [1.165, 1.54) is 32.8 Å². The highest BCUT2D eigenvalue weighted by Crippen LogP contribution is 2.38. The molecule has 3 nitrogen and oxygen atoms in total. The van der Waals surface area contributed by atoms with Crippen molar-refractivity contribution in [3.05, 3.63) is 138 Å². The van der Waals surface area contributed by atoms with Crippen molar-refractivity contribution in [1.82, 2.24) is 14.1 Å². The maximum atomic E-state index is 7.02. The molecule has 0 aliphatic rings. The van der Waals surface area contributed by atoms with Gasteiger partial charge in [0.2, 0.25) is 0 Å². The Bertz CT molecular complexity index is 1990. The minimum Gasteiger partial charge on any atom is -0.309 e. The number of hydrogen-bond acceptors (Lipinski definition) is 1. The third kappa shape index (κ3) is 3.35.